The van der Waals surface area contributed by atoms with Crippen LogP contribution in [0.1, 0.15) is 69.4 Å². The quantitative estimate of drug-likeness (QED) is 0.451. The summed E-state index contributed by atoms with van der Waals surface area (Å²) in [5, 5.41) is 0. The standard InChI is InChI=1S/C20H30O/c1-3-5-15-21-16-18-9-13-20(14-10-18)19-11-7-17(6-4-2)8-12-19/h4,6,9-10,13-14,17,19H,3,5,7-8,11-12,15-16H2,1-2H3/b6-4+. The Morgan fingerprint density at radius 3 is 2.43 bits per heavy atom. The highest BCUT2D eigenvalue weighted by atomic mass is 16.5. The fourth-order valence-corrected chi connectivity index (χ4v) is 3.24. The highest BCUT2D eigenvalue weighted by molar-refractivity contribution is 5.25. The van der Waals surface area contributed by atoms with Crippen molar-refractivity contribution in [3.05, 3.63) is 47.5 Å². The molecule has 116 valence electrons. The van der Waals surface area contributed by atoms with Crippen molar-refractivity contribution in [1.82, 2.24) is 0 Å². The van der Waals surface area contributed by atoms with Crippen molar-refractivity contribution in [2.45, 2.75) is 64.9 Å². The van der Waals surface area contributed by atoms with Crippen molar-refractivity contribution in [1.29, 1.82) is 0 Å². The average molecular weight is 286 g/mol. The largest absolute Gasteiger partial charge is 0.377 e. The van der Waals surface area contributed by atoms with Gasteiger partial charge in [0.15, 0.2) is 0 Å². The van der Waals surface area contributed by atoms with Crippen LogP contribution < -0.4 is 0 Å². The summed E-state index contributed by atoms with van der Waals surface area (Å²) in [5.74, 6) is 1.58. The summed E-state index contributed by atoms with van der Waals surface area (Å²) in [4.78, 5) is 0. The van der Waals surface area contributed by atoms with Crippen LogP contribution in [0.4, 0.5) is 0 Å². The molecule has 2 rings (SSSR count). The van der Waals surface area contributed by atoms with E-state index in [0.29, 0.717) is 0 Å². The van der Waals surface area contributed by atoms with E-state index in [0.717, 1.165) is 31.5 Å². The molecule has 0 unspecified atom stereocenters. The molecule has 1 aromatic rings. The highest BCUT2D eigenvalue weighted by Crippen LogP contribution is 2.36. The monoisotopic (exact) mass is 286 g/mol. The van der Waals surface area contributed by atoms with Gasteiger partial charge >= 0.3 is 0 Å². The van der Waals surface area contributed by atoms with Gasteiger partial charge in [0, 0.05) is 6.61 Å². The van der Waals surface area contributed by atoms with E-state index in [1.807, 2.05) is 0 Å². The first kappa shape index (κ1) is 16.3. The van der Waals surface area contributed by atoms with Crippen LogP contribution in [0.3, 0.4) is 0 Å². The molecule has 0 spiro atoms. The minimum absolute atomic E-state index is 0.758. The summed E-state index contributed by atoms with van der Waals surface area (Å²) in [5.41, 5.74) is 2.82. The lowest BCUT2D eigenvalue weighted by molar-refractivity contribution is 0.118. The second-order valence-electron chi connectivity index (χ2n) is 6.29. The normalized spacial score (nSPS) is 22.8. The van der Waals surface area contributed by atoms with Crippen LogP contribution in [-0.4, -0.2) is 6.61 Å². The lowest BCUT2D eigenvalue weighted by Crippen LogP contribution is -2.11. The maximum atomic E-state index is 5.68. The maximum Gasteiger partial charge on any atom is 0.0716 e. The SMILES string of the molecule is C/C=C/C1CCC(c2ccc(COCCCC)cc2)CC1. The van der Waals surface area contributed by atoms with Crippen LogP contribution in [0.5, 0.6) is 0 Å². The molecule has 0 heterocycles. The van der Waals surface area contributed by atoms with E-state index in [9.17, 15) is 0 Å². The molecule has 0 aromatic heterocycles. The molecule has 0 amide bonds. The zero-order valence-corrected chi connectivity index (χ0v) is 13.7. The second-order valence-corrected chi connectivity index (χ2v) is 6.29. The Hall–Kier alpha value is -1.08. The predicted molar refractivity (Wildman–Crippen MR) is 90.5 cm³/mol. The van der Waals surface area contributed by atoms with E-state index in [4.69, 9.17) is 4.74 Å². The van der Waals surface area contributed by atoms with Crippen LogP contribution in [0.15, 0.2) is 36.4 Å². The van der Waals surface area contributed by atoms with E-state index in [-0.39, 0.29) is 0 Å². The van der Waals surface area contributed by atoms with Crippen molar-refractivity contribution in [2.75, 3.05) is 6.61 Å². The van der Waals surface area contributed by atoms with E-state index >= 15 is 0 Å². The second kappa shape index (κ2) is 9.04. The maximum absolute atomic E-state index is 5.68. The Morgan fingerprint density at radius 1 is 1.10 bits per heavy atom. The van der Waals surface area contributed by atoms with Crippen LogP contribution in [0.2, 0.25) is 0 Å². The first-order valence-corrected chi connectivity index (χ1v) is 8.63. The van der Waals surface area contributed by atoms with Crippen molar-refractivity contribution in [3.63, 3.8) is 0 Å². The van der Waals surface area contributed by atoms with Gasteiger partial charge in [-0.25, -0.2) is 0 Å². The van der Waals surface area contributed by atoms with Crippen LogP contribution in [0, 0.1) is 5.92 Å². The van der Waals surface area contributed by atoms with Crippen molar-refractivity contribution in [2.24, 2.45) is 5.92 Å². The summed E-state index contributed by atoms with van der Waals surface area (Å²) >= 11 is 0. The fourth-order valence-electron chi connectivity index (χ4n) is 3.24. The molecule has 0 radical (unpaired) electrons. The highest BCUT2D eigenvalue weighted by Gasteiger charge is 2.20. The molecule has 1 aliphatic rings. The molecule has 1 heteroatoms. The van der Waals surface area contributed by atoms with E-state index in [1.54, 1.807) is 0 Å². The molecule has 0 N–H and O–H groups in total. The minimum atomic E-state index is 0.758. The molecule has 1 aliphatic carbocycles. The predicted octanol–water partition coefficient (Wildman–Crippen LogP) is 5.85. The zero-order valence-electron chi connectivity index (χ0n) is 13.7. The summed E-state index contributed by atoms with van der Waals surface area (Å²) < 4.78 is 5.68. The van der Waals surface area contributed by atoms with Gasteiger partial charge in [0.05, 0.1) is 6.61 Å². The van der Waals surface area contributed by atoms with Crippen LogP contribution >= 0.6 is 0 Å². The lowest BCUT2D eigenvalue weighted by Gasteiger charge is -2.27. The Kier molecular flexibility index (Phi) is 7.02. The molecule has 1 aromatic carbocycles. The topological polar surface area (TPSA) is 9.23 Å². The molecule has 1 nitrogen and oxygen atoms in total. The van der Waals surface area contributed by atoms with Gasteiger partial charge in [0.25, 0.3) is 0 Å². The van der Waals surface area contributed by atoms with Gasteiger partial charge in [0.1, 0.15) is 0 Å². The molecule has 0 atom stereocenters. The van der Waals surface area contributed by atoms with Gasteiger partial charge in [-0.05, 0) is 62.0 Å². The summed E-state index contributed by atoms with van der Waals surface area (Å²) in [6, 6.07) is 9.14. The van der Waals surface area contributed by atoms with Crippen molar-refractivity contribution >= 4 is 0 Å². The molecular formula is C20H30O. The Labute approximate surface area is 130 Å². The van der Waals surface area contributed by atoms with E-state index in [1.165, 1.54) is 43.2 Å². The summed E-state index contributed by atoms with van der Waals surface area (Å²) in [7, 11) is 0. The Balaban J connectivity index is 1.79. The number of benzene rings is 1. The Bertz CT molecular complexity index is 410. The van der Waals surface area contributed by atoms with Gasteiger partial charge in [-0.15, -0.1) is 0 Å². The number of rotatable bonds is 7. The Morgan fingerprint density at radius 2 is 1.81 bits per heavy atom. The molecule has 0 aliphatic heterocycles. The van der Waals surface area contributed by atoms with Gasteiger partial charge < -0.3 is 4.74 Å². The molecule has 0 saturated heterocycles. The molecule has 1 saturated carbocycles. The number of hydrogen-bond acceptors (Lipinski definition) is 1. The number of ether oxygens (including phenoxy) is 1. The summed E-state index contributed by atoms with van der Waals surface area (Å²) in [6.07, 6.45) is 12.3. The number of unbranched alkanes of at least 4 members (excludes halogenated alkanes) is 1. The van der Waals surface area contributed by atoms with Crippen LogP contribution in [-0.2, 0) is 11.3 Å². The van der Waals surface area contributed by atoms with Crippen LogP contribution in [0.25, 0.3) is 0 Å². The van der Waals surface area contributed by atoms with Gasteiger partial charge in [-0.2, -0.15) is 0 Å². The van der Waals surface area contributed by atoms with Gasteiger partial charge in [0.2, 0.25) is 0 Å². The molecule has 1 fully saturated rings. The van der Waals surface area contributed by atoms with E-state index < -0.39 is 0 Å². The zero-order chi connectivity index (χ0) is 14.9. The molecular weight excluding hydrogens is 256 g/mol. The summed E-state index contributed by atoms with van der Waals surface area (Å²) in [6.45, 7) is 5.97. The third-order valence-corrected chi connectivity index (χ3v) is 4.60. The third-order valence-electron chi connectivity index (χ3n) is 4.60. The van der Waals surface area contributed by atoms with Gasteiger partial charge in [-0.1, -0.05) is 49.8 Å². The van der Waals surface area contributed by atoms with Gasteiger partial charge in [-0.3, -0.25) is 0 Å². The molecule has 21 heavy (non-hydrogen) atoms. The smallest absolute Gasteiger partial charge is 0.0716 e. The van der Waals surface area contributed by atoms with Crippen molar-refractivity contribution in [3.8, 4) is 0 Å². The van der Waals surface area contributed by atoms with E-state index in [2.05, 4.69) is 50.3 Å². The third kappa shape index (κ3) is 5.32. The fraction of sp³-hybridized carbons (Fsp3) is 0.600. The van der Waals surface area contributed by atoms with Crippen molar-refractivity contribution < 1.29 is 4.74 Å². The average Bonchev–Trinajstić information content (AvgIpc) is 2.53. The minimum Gasteiger partial charge on any atom is -0.377 e. The first-order chi connectivity index (χ1) is 10.3. The lowest BCUT2D eigenvalue weighted by atomic mass is 9.78. The number of allylic oxidation sites excluding steroid dienone is 2. The molecule has 0 bridgehead atoms. The number of hydrogen-bond donors (Lipinski definition) is 0. The first-order valence-electron chi connectivity index (χ1n) is 8.63.